The molecule has 5 nitrogen and oxygen atoms in total. The van der Waals surface area contributed by atoms with E-state index in [1.165, 1.54) is 0 Å². The first-order valence-corrected chi connectivity index (χ1v) is 4.13. The van der Waals surface area contributed by atoms with Gasteiger partial charge in [-0.15, -0.1) is 0 Å². The number of halogens is 1. The van der Waals surface area contributed by atoms with Crippen molar-refractivity contribution in [2.45, 2.75) is 18.9 Å². The Bertz CT molecular complexity index is 379. The van der Waals surface area contributed by atoms with E-state index in [9.17, 15) is 14.5 Å². The zero-order valence-corrected chi connectivity index (χ0v) is 7.14. The van der Waals surface area contributed by atoms with Crippen LogP contribution in [-0.4, -0.2) is 16.0 Å². The smallest absolute Gasteiger partial charge is 0.327 e. The number of aromatic nitrogens is 1. The number of hydrogen-bond donors (Lipinski definition) is 0. The molecule has 1 fully saturated rings. The van der Waals surface area contributed by atoms with Gasteiger partial charge in [-0.05, 0) is 12.8 Å². The van der Waals surface area contributed by atoms with Crippen LogP contribution in [0.2, 0.25) is 0 Å². The van der Waals surface area contributed by atoms with Crippen LogP contribution in [-0.2, 0) is 0 Å². The second-order valence-electron chi connectivity index (χ2n) is 3.06. The molecule has 1 aliphatic carbocycles. The Hall–Kier alpha value is -1.72. The van der Waals surface area contributed by atoms with Crippen molar-refractivity contribution in [1.82, 2.24) is 4.98 Å². The van der Waals surface area contributed by atoms with E-state index in [2.05, 4.69) is 4.98 Å². The first kappa shape index (κ1) is 8.86. The minimum absolute atomic E-state index is 0.113. The van der Waals surface area contributed by atoms with E-state index >= 15 is 0 Å². The van der Waals surface area contributed by atoms with Crippen molar-refractivity contribution in [1.29, 1.82) is 0 Å². The molecule has 0 saturated heterocycles. The van der Waals surface area contributed by atoms with Crippen molar-refractivity contribution in [3.8, 4) is 5.75 Å². The average molecular weight is 198 g/mol. The third kappa shape index (κ3) is 1.78. The molecule has 2 rings (SSSR count). The molecule has 6 heteroatoms. The van der Waals surface area contributed by atoms with Crippen LogP contribution in [0.1, 0.15) is 12.8 Å². The van der Waals surface area contributed by atoms with Crippen LogP contribution in [0.3, 0.4) is 0 Å². The van der Waals surface area contributed by atoms with Gasteiger partial charge in [-0.2, -0.15) is 4.39 Å². The Kier molecular flexibility index (Phi) is 2.03. The maximum absolute atomic E-state index is 12.8. The molecule has 0 N–H and O–H groups in total. The van der Waals surface area contributed by atoms with Gasteiger partial charge < -0.3 is 4.74 Å². The van der Waals surface area contributed by atoms with Gasteiger partial charge in [-0.1, -0.05) is 0 Å². The van der Waals surface area contributed by atoms with Crippen molar-refractivity contribution in [2.24, 2.45) is 0 Å². The molecule has 0 aromatic carbocycles. The minimum atomic E-state index is -1.09. The predicted octanol–water partition coefficient (Wildman–Crippen LogP) is 1.67. The predicted molar refractivity (Wildman–Crippen MR) is 44.5 cm³/mol. The molecule has 0 bridgehead atoms. The molecule has 0 spiro atoms. The van der Waals surface area contributed by atoms with Gasteiger partial charge in [0.25, 0.3) is 5.95 Å². The Morgan fingerprint density at radius 1 is 1.64 bits per heavy atom. The number of rotatable bonds is 3. The van der Waals surface area contributed by atoms with Crippen LogP contribution in [0.5, 0.6) is 5.75 Å². The van der Waals surface area contributed by atoms with E-state index < -0.39 is 16.6 Å². The summed E-state index contributed by atoms with van der Waals surface area (Å²) >= 11 is 0. The molecule has 1 aromatic rings. The maximum atomic E-state index is 12.8. The molecule has 74 valence electrons. The highest BCUT2D eigenvalue weighted by Gasteiger charge is 2.25. The van der Waals surface area contributed by atoms with Gasteiger partial charge in [-0.3, -0.25) is 10.1 Å². The zero-order chi connectivity index (χ0) is 10.1. The maximum Gasteiger partial charge on any atom is 0.327 e. The Balaban J connectivity index is 2.24. The second-order valence-corrected chi connectivity index (χ2v) is 3.06. The second kappa shape index (κ2) is 3.21. The lowest BCUT2D eigenvalue weighted by atomic mass is 10.4. The zero-order valence-electron chi connectivity index (χ0n) is 7.14. The van der Waals surface area contributed by atoms with Crippen LogP contribution >= 0.6 is 0 Å². The van der Waals surface area contributed by atoms with Crippen LogP contribution < -0.4 is 4.74 Å². The van der Waals surface area contributed by atoms with Crippen LogP contribution in [0, 0.1) is 16.1 Å². The highest BCUT2D eigenvalue weighted by molar-refractivity contribution is 5.35. The van der Waals surface area contributed by atoms with Crippen molar-refractivity contribution in [3.63, 3.8) is 0 Å². The quantitative estimate of drug-likeness (QED) is 0.421. The Morgan fingerprint density at radius 3 is 2.93 bits per heavy atom. The van der Waals surface area contributed by atoms with Gasteiger partial charge >= 0.3 is 5.69 Å². The summed E-state index contributed by atoms with van der Waals surface area (Å²) in [6.45, 7) is 0. The highest BCUT2D eigenvalue weighted by atomic mass is 19.1. The van der Waals surface area contributed by atoms with Crippen molar-refractivity contribution < 1.29 is 14.1 Å². The van der Waals surface area contributed by atoms with Crippen molar-refractivity contribution >= 4 is 5.69 Å². The molecule has 0 radical (unpaired) electrons. The number of hydrogen-bond acceptors (Lipinski definition) is 4. The minimum Gasteiger partial charge on any atom is -0.489 e. The topological polar surface area (TPSA) is 65.3 Å². The van der Waals surface area contributed by atoms with Crippen LogP contribution in [0.15, 0.2) is 12.3 Å². The number of nitro groups is 1. The molecule has 0 aliphatic heterocycles. The molecule has 1 aromatic heterocycles. The lowest BCUT2D eigenvalue weighted by Crippen LogP contribution is -2.00. The average Bonchev–Trinajstić information content (AvgIpc) is 2.92. The van der Waals surface area contributed by atoms with Gasteiger partial charge in [0.15, 0.2) is 0 Å². The summed E-state index contributed by atoms with van der Waals surface area (Å²) in [6.07, 6.45) is 3.14. The summed E-state index contributed by atoms with van der Waals surface area (Å²) in [5.74, 6) is -0.834. The Labute approximate surface area is 78.7 Å². The van der Waals surface area contributed by atoms with E-state index in [0.717, 1.165) is 25.1 Å². The highest BCUT2D eigenvalue weighted by Crippen LogP contribution is 2.28. The van der Waals surface area contributed by atoms with E-state index in [4.69, 9.17) is 4.74 Å². The molecule has 14 heavy (non-hydrogen) atoms. The summed E-state index contributed by atoms with van der Waals surface area (Å²) in [5.41, 5.74) is -0.650. The van der Waals surface area contributed by atoms with Crippen molar-refractivity contribution in [3.05, 3.63) is 28.3 Å². The fourth-order valence-electron chi connectivity index (χ4n) is 0.989. The van der Waals surface area contributed by atoms with Crippen LogP contribution in [0.4, 0.5) is 10.1 Å². The monoisotopic (exact) mass is 198 g/mol. The molecule has 0 amide bonds. The van der Waals surface area contributed by atoms with E-state index in [1.54, 1.807) is 0 Å². The number of nitrogens with zero attached hydrogens (tertiary/aromatic N) is 2. The normalized spacial score (nSPS) is 15.2. The SMILES string of the molecule is O=[N+]([O-])c1cc(OC2CC2)cnc1F. The lowest BCUT2D eigenvalue weighted by molar-refractivity contribution is -0.388. The Morgan fingerprint density at radius 2 is 2.36 bits per heavy atom. The van der Waals surface area contributed by atoms with E-state index in [0.29, 0.717) is 0 Å². The number of pyridine rings is 1. The molecule has 1 saturated carbocycles. The van der Waals surface area contributed by atoms with E-state index in [1.807, 2.05) is 0 Å². The molecule has 1 heterocycles. The molecule has 0 unspecified atom stereocenters. The molecular formula is C8H7FN2O3. The van der Waals surface area contributed by atoms with E-state index in [-0.39, 0.29) is 11.9 Å². The van der Waals surface area contributed by atoms with Crippen molar-refractivity contribution in [2.75, 3.05) is 0 Å². The third-order valence-corrected chi connectivity index (χ3v) is 1.82. The van der Waals surface area contributed by atoms with Gasteiger partial charge in [0, 0.05) is 0 Å². The summed E-state index contributed by atoms with van der Waals surface area (Å²) in [7, 11) is 0. The lowest BCUT2D eigenvalue weighted by Gasteiger charge is -2.02. The standard InChI is InChI=1S/C8H7FN2O3/c9-8-7(11(12)13)3-6(4-10-8)14-5-1-2-5/h3-5H,1-2H2. The van der Waals surface area contributed by atoms with Crippen LogP contribution in [0.25, 0.3) is 0 Å². The molecule has 0 atom stereocenters. The van der Waals surface area contributed by atoms with Gasteiger partial charge in [0.05, 0.1) is 23.3 Å². The first-order valence-electron chi connectivity index (χ1n) is 4.13. The summed E-state index contributed by atoms with van der Waals surface area (Å²) < 4.78 is 18.0. The molecular weight excluding hydrogens is 191 g/mol. The fraction of sp³-hybridized carbons (Fsp3) is 0.375. The van der Waals surface area contributed by atoms with Gasteiger partial charge in [0.2, 0.25) is 0 Å². The number of ether oxygens (including phenoxy) is 1. The first-order chi connectivity index (χ1) is 6.66. The van der Waals surface area contributed by atoms with Gasteiger partial charge in [0.1, 0.15) is 5.75 Å². The summed E-state index contributed by atoms with van der Waals surface area (Å²) in [6, 6.07) is 1.06. The summed E-state index contributed by atoms with van der Waals surface area (Å²) in [4.78, 5) is 12.8. The summed E-state index contributed by atoms with van der Waals surface area (Å²) in [5, 5.41) is 10.3. The van der Waals surface area contributed by atoms with Gasteiger partial charge in [-0.25, -0.2) is 4.98 Å². The largest absolute Gasteiger partial charge is 0.489 e. The third-order valence-electron chi connectivity index (χ3n) is 1.82. The fourth-order valence-corrected chi connectivity index (χ4v) is 0.989. The molecule has 1 aliphatic rings.